The van der Waals surface area contributed by atoms with Crippen molar-refractivity contribution in [2.45, 2.75) is 26.7 Å². The quantitative estimate of drug-likeness (QED) is 0.488. The molecular weight excluding hydrogens is 164 g/mol. The zero-order valence-electron chi connectivity index (χ0n) is 7.32. The van der Waals surface area contributed by atoms with Crippen LogP contribution in [0.5, 0.6) is 0 Å². The molecule has 0 amide bonds. The lowest BCUT2D eigenvalue weighted by molar-refractivity contribution is -0.142. The number of hydrogen-bond acceptors (Lipinski definition) is 2. The van der Waals surface area contributed by atoms with E-state index in [2.05, 4.69) is 4.74 Å². The van der Waals surface area contributed by atoms with E-state index < -0.39 is 0 Å². The van der Waals surface area contributed by atoms with Gasteiger partial charge in [-0.1, -0.05) is 13.8 Å². The third kappa shape index (κ3) is 5.08. The molecule has 0 aliphatic rings. The summed E-state index contributed by atoms with van der Waals surface area (Å²) in [6.45, 7) is 4.01. The molecule has 0 atom stereocenters. The van der Waals surface area contributed by atoms with Gasteiger partial charge in [-0.25, -0.2) is 0 Å². The van der Waals surface area contributed by atoms with Gasteiger partial charge in [-0.05, 0) is 11.8 Å². The van der Waals surface area contributed by atoms with Crippen molar-refractivity contribution in [3.63, 3.8) is 0 Å². The average molecular weight is 179 g/mol. The Morgan fingerprint density at radius 3 is 2.45 bits per heavy atom. The molecule has 0 heterocycles. The van der Waals surface area contributed by atoms with Crippen LogP contribution in [0.4, 0.5) is 0 Å². The van der Waals surface area contributed by atoms with E-state index in [4.69, 9.17) is 11.6 Å². The topological polar surface area (TPSA) is 26.3 Å². The zero-order valence-corrected chi connectivity index (χ0v) is 8.07. The fourth-order valence-electron chi connectivity index (χ4n) is 0.807. The minimum absolute atomic E-state index is 0.0329. The van der Waals surface area contributed by atoms with Crippen LogP contribution in [0.1, 0.15) is 26.7 Å². The Bertz CT molecular complexity index is 132. The van der Waals surface area contributed by atoms with Gasteiger partial charge in [0.2, 0.25) is 0 Å². The van der Waals surface area contributed by atoms with Gasteiger partial charge in [-0.3, -0.25) is 4.79 Å². The SMILES string of the molecule is COC(=O)CC(C)(C)CCCl. The van der Waals surface area contributed by atoms with Crippen LogP contribution < -0.4 is 0 Å². The summed E-state index contributed by atoms with van der Waals surface area (Å²) in [6, 6.07) is 0. The molecule has 11 heavy (non-hydrogen) atoms. The van der Waals surface area contributed by atoms with Crippen molar-refractivity contribution in [3.8, 4) is 0 Å². The molecule has 0 saturated heterocycles. The molecule has 0 fully saturated rings. The second-order valence-corrected chi connectivity index (χ2v) is 3.73. The zero-order chi connectivity index (χ0) is 8.91. The van der Waals surface area contributed by atoms with Crippen LogP contribution >= 0.6 is 11.6 Å². The number of hydrogen-bond donors (Lipinski definition) is 0. The molecule has 0 bridgehead atoms. The van der Waals surface area contributed by atoms with E-state index in [1.54, 1.807) is 0 Å². The number of methoxy groups -OCH3 is 1. The molecule has 0 rings (SSSR count). The van der Waals surface area contributed by atoms with Gasteiger partial charge in [0, 0.05) is 5.88 Å². The Morgan fingerprint density at radius 1 is 1.55 bits per heavy atom. The highest BCUT2D eigenvalue weighted by atomic mass is 35.5. The average Bonchev–Trinajstić information content (AvgIpc) is 1.86. The minimum Gasteiger partial charge on any atom is -0.469 e. The molecule has 66 valence electrons. The van der Waals surface area contributed by atoms with Crippen molar-refractivity contribution in [1.29, 1.82) is 0 Å². The van der Waals surface area contributed by atoms with E-state index in [1.807, 2.05) is 13.8 Å². The van der Waals surface area contributed by atoms with E-state index in [0.717, 1.165) is 6.42 Å². The van der Waals surface area contributed by atoms with Crippen LogP contribution in [0.15, 0.2) is 0 Å². The molecular formula is C8H15ClO2. The highest BCUT2D eigenvalue weighted by Crippen LogP contribution is 2.25. The Balaban J connectivity index is 3.80. The molecule has 0 aromatic heterocycles. The lowest BCUT2D eigenvalue weighted by Gasteiger charge is -2.21. The number of carbonyl (C=O) groups excluding carboxylic acids is 1. The van der Waals surface area contributed by atoms with Gasteiger partial charge in [0.05, 0.1) is 13.5 Å². The number of carbonyl (C=O) groups is 1. The summed E-state index contributed by atoms with van der Waals surface area (Å²) < 4.78 is 4.55. The molecule has 0 unspecified atom stereocenters. The first-order valence-electron chi connectivity index (χ1n) is 3.64. The van der Waals surface area contributed by atoms with Gasteiger partial charge in [0.25, 0.3) is 0 Å². The molecule has 0 aliphatic heterocycles. The van der Waals surface area contributed by atoms with Crippen LogP contribution in [0.2, 0.25) is 0 Å². The van der Waals surface area contributed by atoms with E-state index in [9.17, 15) is 4.79 Å². The van der Waals surface area contributed by atoms with Crippen molar-refractivity contribution in [1.82, 2.24) is 0 Å². The molecule has 0 aromatic rings. The molecule has 2 nitrogen and oxygen atoms in total. The first kappa shape index (κ1) is 10.8. The van der Waals surface area contributed by atoms with Crippen LogP contribution in [0.3, 0.4) is 0 Å². The lowest BCUT2D eigenvalue weighted by Crippen LogP contribution is -2.18. The van der Waals surface area contributed by atoms with E-state index >= 15 is 0 Å². The summed E-state index contributed by atoms with van der Waals surface area (Å²) in [5.41, 5.74) is -0.0329. The summed E-state index contributed by atoms with van der Waals surface area (Å²) in [7, 11) is 1.40. The van der Waals surface area contributed by atoms with Gasteiger partial charge in [-0.2, -0.15) is 0 Å². The Kier molecular flexibility index (Phi) is 4.50. The van der Waals surface area contributed by atoms with Crippen molar-refractivity contribution in [2.75, 3.05) is 13.0 Å². The van der Waals surface area contributed by atoms with Gasteiger partial charge < -0.3 is 4.74 Å². The van der Waals surface area contributed by atoms with Crippen molar-refractivity contribution < 1.29 is 9.53 Å². The highest BCUT2D eigenvalue weighted by Gasteiger charge is 2.21. The molecule has 0 saturated carbocycles. The first-order chi connectivity index (χ1) is 5.02. The smallest absolute Gasteiger partial charge is 0.306 e. The lowest BCUT2D eigenvalue weighted by atomic mass is 9.87. The highest BCUT2D eigenvalue weighted by molar-refractivity contribution is 6.17. The van der Waals surface area contributed by atoms with E-state index in [-0.39, 0.29) is 11.4 Å². The summed E-state index contributed by atoms with van der Waals surface area (Å²) in [5.74, 6) is 0.421. The second-order valence-electron chi connectivity index (χ2n) is 3.36. The van der Waals surface area contributed by atoms with Crippen molar-refractivity contribution >= 4 is 17.6 Å². The third-order valence-corrected chi connectivity index (χ3v) is 1.81. The molecule has 0 radical (unpaired) electrons. The fourth-order valence-corrected chi connectivity index (χ4v) is 1.32. The number of esters is 1. The standard InChI is InChI=1S/C8H15ClO2/c1-8(2,4-5-9)6-7(10)11-3/h4-6H2,1-3H3. The second kappa shape index (κ2) is 4.60. The number of halogens is 1. The first-order valence-corrected chi connectivity index (χ1v) is 4.18. The number of alkyl halides is 1. The monoisotopic (exact) mass is 178 g/mol. The Hall–Kier alpha value is -0.240. The maximum Gasteiger partial charge on any atom is 0.306 e. The van der Waals surface area contributed by atoms with Gasteiger partial charge in [-0.15, -0.1) is 11.6 Å². The van der Waals surface area contributed by atoms with Crippen LogP contribution in [-0.2, 0) is 9.53 Å². The van der Waals surface area contributed by atoms with Crippen molar-refractivity contribution in [2.24, 2.45) is 5.41 Å². The fraction of sp³-hybridized carbons (Fsp3) is 0.875. The minimum atomic E-state index is -0.167. The Morgan fingerprint density at radius 2 is 2.09 bits per heavy atom. The van der Waals surface area contributed by atoms with Crippen LogP contribution in [0.25, 0.3) is 0 Å². The van der Waals surface area contributed by atoms with Gasteiger partial charge in [0.15, 0.2) is 0 Å². The summed E-state index contributed by atoms with van der Waals surface area (Å²) >= 11 is 5.56. The van der Waals surface area contributed by atoms with Crippen LogP contribution in [0, 0.1) is 5.41 Å². The summed E-state index contributed by atoms with van der Waals surface area (Å²) in [5, 5.41) is 0. The van der Waals surface area contributed by atoms with Gasteiger partial charge in [0.1, 0.15) is 0 Å². The molecule has 3 heteroatoms. The van der Waals surface area contributed by atoms with Crippen LogP contribution in [-0.4, -0.2) is 19.0 Å². The van der Waals surface area contributed by atoms with E-state index in [1.165, 1.54) is 7.11 Å². The molecule has 0 spiro atoms. The maximum absolute atomic E-state index is 10.8. The predicted molar refractivity (Wildman–Crippen MR) is 45.8 cm³/mol. The van der Waals surface area contributed by atoms with Crippen molar-refractivity contribution in [3.05, 3.63) is 0 Å². The molecule has 0 N–H and O–H groups in total. The largest absolute Gasteiger partial charge is 0.469 e. The maximum atomic E-state index is 10.8. The number of ether oxygens (including phenoxy) is 1. The summed E-state index contributed by atoms with van der Waals surface area (Å²) in [4.78, 5) is 10.8. The molecule has 0 aliphatic carbocycles. The van der Waals surface area contributed by atoms with Gasteiger partial charge >= 0.3 is 5.97 Å². The number of rotatable bonds is 4. The third-order valence-electron chi connectivity index (χ3n) is 1.62. The normalized spacial score (nSPS) is 11.3. The van der Waals surface area contributed by atoms with E-state index in [0.29, 0.717) is 12.3 Å². The predicted octanol–water partition coefficient (Wildman–Crippen LogP) is 2.20. The summed E-state index contributed by atoms with van der Waals surface area (Å²) in [6.07, 6.45) is 1.28. The Labute approximate surface area is 72.9 Å². The molecule has 0 aromatic carbocycles.